The van der Waals surface area contributed by atoms with Gasteiger partial charge >= 0.3 is 0 Å². The molecule has 9 rings (SSSR count). The number of nitrogens with two attached hydrogens (primary N) is 1. The Morgan fingerprint density at radius 1 is 0.688 bits per heavy atom. The molecule has 32 heavy (non-hydrogen) atoms. The minimum atomic E-state index is 0.198. The summed E-state index contributed by atoms with van der Waals surface area (Å²) in [5.74, 6) is 7.44. The van der Waals surface area contributed by atoms with Crippen LogP contribution < -0.4 is 11.1 Å². The molecule has 4 nitrogen and oxygen atoms in total. The summed E-state index contributed by atoms with van der Waals surface area (Å²) in [6.45, 7) is 0. The zero-order chi connectivity index (χ0) is 21.5. The van der Waals surface area contributed by atoms with Crippen LogP contribution in [0.4, 0.5) is 0 Å². The van der Waals surface area contributed by atoms with Crippen LogP contribution in [0.2, 0.25) is 0 Å². The molecule has 9 aliphatic carbocycles. The van der Waals surface area contributed by atoms with E-state index in [0.29, 0.717) is 12.1 Å². The molecule has 0 radical (unpaired) electrons. The molecule has 0 aromatic rings. The lowest BCUT2D eigenvalue weighted by Gasteiger charge is -2.57. The highest BCUT2D eigenvalue weighted by Gasteiger charge is 2.54. The van der Waals surface area contributed by atoms with E-state index in [1.165, 1.54) is 96.3 Å². The second-order valence-corrected chi connectivity index (χ2v) is 13.9. The fraction of sp³-hybridized carbons (Fsp3) is 0.929. The van der Waals surface area contributed by atoms with Gasteiger partial charge in [-0.15, -0.1) is 0 Å². The molecule has 0 spiro atoms. The normalized spacial score (nSPS) is 53.6. The van der Waals surface area contributed by atoms with Crippen molar-refractivity contribution in [2.75, 3.05) is 0 Å². The standard InChI is InChI=1S/C28H44N4/c29-25(27-11-17-4-18(12-27)6-19(5-17)13-27)31-23-2-1-3-24(10-23)32-26(30)28-14-20-7-21(15-28)9-22(8-20)16-28/h17-24H,1-16H2,(H2,29,31)(H2,30,32). The topological polar surface area (TPSA) is 74.3 Å². The Balaban J connectivity index is 1.02. The van der Waals surface area contributed by atoms with Gasteiger partial charge < -0.3 is 11.1 Å². The van der Waals surface area contributed by atoms with E-state index in [9.17, 15) is 0 Å². The molecule has 9 saturated carbocycles. The van der Waals surface area contributed by atoms with Crippen LogP contribution in [-0.4, -0.2) is 23.8 Å². The largest absolute Gasteiger partial charge is 0.387 e. The lowest BCUT2D eigenvalue weighted by Crippen LogP contribution is -2.55. The molecule has 2 atom stereocenters. The van der Waals surface area contributed by atoms with Crippen molar-refractivity contribution in [3.05, 3.63) is 0 Å². The number of hydrogen-bond donors (Lipinski definition) is 3. The maximum absolute atomic E-state index is 9.12. The summed E-state index contributed by atoms with van der Waals surface area (Å²) in [6, 6.07) is 0.806. The Morgan fingerprint density at radius 2 is 1.16 bits per heavy atom. The van der Waals surface area contributed by atoms with Gasteiger partial charge in [0.25, 0.3) is 0 Å². The number of nitrogens with one attached hydrogen (secondary N) is 2. The fourth-order valence-corrected chi connectivity index (χ4v) is 10.9. The third-order valence-electron chi connectivity index (χ3n) is 11.5. The van der Waals surface area contributed by atoms with Crippen LogP contribution in [0.3, 0.4) is 0 Å². The van der Waals surface area contributed by atoms with E-state index in [0.717, 1.165) is 53.6 Å². The lowest BCUT2D eigenvalue weighted by atomic mass is 9.49. The molecule has 9 fully saturated rings. The van der Waals surface area contributed by atoms with Gasteiger partial charge in [0.1, 0.15) is 5.84 Å². The summed E-state index contributed by atoms with van der Waals surface area (Å²) >= 11 is 0. The van der Waals surface area contributed by atoms with Crippen molar-refractivity contribution in [1.29, 1.82) is 5.41 Å². The summed E-state index contributed by atoms with van der Waals surface area (Å²) in [6.07, 6.45) is 21.3. The van der Waals surface area contributed by atoms with E-state index < -0.39 is 0 Å². The smallest absolute Gasteiger partial charge is 0.100 e. The van der Waals surface area contributed by atoms with E-state index in [1.54, 1.807) is 0 Å². The first-order valence-corrected chi connectivity index (χ1v) is 14.2. The third kappa shape index (κ3) is 3.28. The summed E-state index contributed by atoms with van der Waals surface area (Å²) in [4.78, 5) is 5.26. The first-order valence-electron chi connectivity index (χ1n) is 14.2. The van der Waals surface area contributed by atoms with Gasteiger partial charge in [-0.25, -0.2) is 0 Å². The molecule has 0 heterocycles. The maximum atomic E-state index is 9.12. The van der Waals surface area contributed by atoms with Crippen LogP contribution in [0.25, 0.3) is 0 Å². The Morgan fingerprint density at radius 3 is 1.66 bits per heavy atom. The van der Waals surface area contributed by atoms with Crippen molar-refractivity contribution in [2.45, 2.75) is 115 Å². The second kappa shape index (κ2) is 7.22. The molecule has 0 saturated heterocycles. The fourth-order valence-electron chi connectivity index (χ4n) is 10.9. The van der Waals surface area contributed by atoms with E-state index in [4.69, 9.17) is 16.1 Å². The first-order chi connectivity index (χ1) is 15.5. The summed E-state index contributed by atoms with van der Waals surface area (Å²) in [7, 11) is 0. The Hall–Kier alpha value is -1.06. The predicted octanol–water partition coefficient (Wildman–Crippen LogP) is 5.65. The molecule has 9 aliphatic rings. The molecule has 8 bridgehead atoms. The van der Waals surface area contributed by atoms with Crippen molar-refractivity contribution in [2.24, 2.45) is 57.1 Å². The van der Waals surface area contributed by atoms with Gasteiger partial charge in [-0.05, 0) is 138 Å². The lowest BCUT2D eigenvalue weighted by molar-refractivity contribution is -0.0150. The van der Waals surface area contributed by atoms with Crippen molar-refractivity contribution in [3.8, 4) is 0 Å². The van der Waals surface area contributed by atoms with Gasteiger partial charge in [0.2, 0.25) is 0 Å². The second-order valence-electron chi connectivity index (χ2n) is 13.9. The molecule has 4 N–H and O–H groups in total. The Kier molecular flexibility index (Phi) is 4.58. The number of nitrogens with zero attached hydrogens (tertiary/aromatic N) is 1. The van der Waals surface area contributed by atoms with Gasteiger partial charge in [0.15, 0.2) is 0 Å². The summed E-state index contributed by atoms with van der Waals surface area (Å²) in [5, 5.41) is 12.9. The highest BCUT2D eigenvalue weighted by molar-refractivity contribution is 5.87. The van der Waals surface area contributed by atoms with E-state index in [1.807, 2.05) is 0 Å². The van der Waals surface area contributed by atoms with Crippen molar-refractivity contribution >= 4 is 11.7 Å². The molecule has 0 aromatic carbocycles. The van der Waals surface area contributed by atoms with Gasteiger partial charge in [-0.3, -0.25) is 10.4 Å². The molecular formula is C28H44N4. The number of hydrogen-bond acceptors (Lipinski definition) is 2. The van der Waals surface area contributed by atoms with Crippen LogP contribution in [-0.2, 0) is 0 Å². The highest BCUT2D eigenvalue weighted by atomic mass is 15.0. The van der Waals surface area contributed by atoms with Crippen LogP contribution in [0.1, 0.15) is 103 Å². The van der Waals surface area contributed by atoms with Crippen LogP contribution in [0.5, 0.6) is 0 Å². The highest BCUT2D eigenvalue weighted by Crippen LogP contribution is 2.61. The van der Waals surface area contributed by atoms with E-state index >= 15 is 0 Å². The van der Waals surface area contributed by atoms with Crippen LogP contribution in [0, 0.1) is 51.7 Å². The van der Waals surface area contributed by atoms with Crippen molar-refractivity contribution in [1.82, 2.24) is 5.32 Å². The molecule has 0 amide bonds. The average Bonchev–Trinajstić information content (AvgIpc) is 2.72. The number of amidine groups is 2. The third-order valence-corrected chi connectivity index (χ3v) is 11.5. The average molecular weight is 437 g/mol. The minimum Gasteiger partial charge on any atom is -0.387 e. The Labute approximate surface area is 194 Å². The molecule has 0 aliphatic heterocycles. The zero-order valence-electron chi connectivity index (χ0n) is 20.0. The molecule has 0 aromatic heterocycles. The monoisotopic (exact) mass is 436 g/mol. The SMILES string of the molecule is N=C(NC1CCCC(N=C(N)C23CC4CC(CC(C4)C2)C3)C1)C12CC3CC(CC(C3)C1)C2. The molecule has 4 heteroatoms. The number of aliphatic imine (C=N–C) groups is 1. The minimum absolute atomic E-state index is 0.198. The summed E-state index contributed by atoms with van der Waals surface area (Å²) in [5.41, 5.74) is 7.29. The molecule has 176 valence electrons. The number of rotatable bonds is 4. The van der Waals surface area contributed by atoms with Crippen molar-refractivity contribution < 1.29 is 0 Å². The Bertz CT molecular complexity index is 742. The van der Waals surface area contributed by atoms with E-state index in [2.05, 4.69) is 5.32 Å². The van der Waals surface area contributed by atoms with Crippen LogP contribution in [0.15, 0.2) is 4.99 Å². The zero-order valence-corrected chi connectivity index (χ0v) is 20.0. The first kappa shape index (κ1) is 20.3. The predicted molar refractivity (Wildman–Crippen MR) is 130 cm³/mol. The molecule has 2 unspecified atom stereocenters. The van der Waals surface area contributed by atoms with Crippen LogP contribution >= 0.6 is 0 Å². The van der Waals surface area contributed by atoms with Gasteiger partial charge in [0.05, 0.1) is 11.9 Å². The quantitative estimate of drug-likeness (QED) is 0.393. The van der Waals surface area contributed by atoms with Gasteiger partial charge in [0, 0.05) is 16.9 Å². The maximum Gasteiger partial charge on any atom is 0.100 e. The van der Waals surface area contributed by atoms with Gasteiger partial charge in [-0.2, -0.15) is 0 Å². The molecular weight excluding hydrogens is 392 g/mol. The summed E-state index contributed by atoms with van der Waals surface area (Å²) < 4.78 is 0. The van der Waals surface area contributed by atoms with Gasteiger partial charge in [-0.1, -0.05) is 0 Å². The van der Waals surface area contributed by atoms with E-state index in [-0.39, 0.29) is 10.8 Å². The van der Waals surface area contributed by atoms with Crippen molar-refractivity contribution in [3.63, 3.8) is 0 Å².